The summed E-state index contributed by atoms with van der Waals surface area (Å²) in [7, 11) is -3.80. The van der Waals surface area contributed by atoms with Crippen LogP contribution in [-0.4, -0.2) is 54.8 Å². The number of hydrogen-bond donors (Lipinski definition) is 2. The summed E-state index contributed by atoms with van der Waals surface area (Å²) in [6, 6.07) is 0. The summed E-state index contributed by atoms with van der Waals surface area (Å²) in [4.78, 5) is 24.8. The number of allylic oxidation sites excluding steroid dienone is 4. The van der Waals surface area contributed by atoms with Crippen molar-refractivity contribution >= 4 is 21.7 Å². The van der Waals surface area contributed by atoms with E-state index in [1.54, 1.807) is 12.2 Å². The van der Waals surface area contributed by atoms with E-state index in [0.29, 0.717) is 6.42 Å². The first-order chi connectivity index (χ1) is 13.8. The van der Waals surface area contributed by atoms with E-state index in [-0.39, 0.29) is 36.4 Å². The van der Waals surface area contributed by atoms with E-state index in [0.717, 1.165) is 24.7 Å². The minimum absolute atomic E-state index is 0.0162. The van der Waals surface area contributed by atoms with Gasteiger partial charge in [-0.15, -0.1) is 0 Å². The zero-order valence-electron chi connectivity index (χ0n) is 17.6. The third-order valence-electron chi connectivity index (χ3n) is 8.51. The van der Waals surface area contributed by atoms with Crippen molar-refractivity contribution in [3.63, 3.8) is 0 Å². The van der Waals surface area contributed by atoms with Crippen LogP contribution < -0.4 is 0 Å². The molecule has 0 saturated heterocycles. The monoisotopic (exact) mass is 438 g/mol. The molecule has 4 rings (SSSR count). The second kappa shape index (κ2) is 6.82. The first-order valence-electron chi connectivity index (χ1n) is 10.5. The Kier molecular flexibility index (Phi) is 4.97. The van der Waals surface area contributed by atoms with Crippen molar-refractivity contribution in [2.45, 2.75) is 57.7 Å². The van der Waals surface area contributed by atoms with Gasteiger partial charge in [0.25, 0.3) is 10.1 Å². The van der Waals surface area contributed by atoms with Crippen LogP contribution in [0.25, 0.3) is 0 Å². The van der Waals surface area contributed by atoms with E-state index in [1.807, 2.05) is 13.0 Å². The van der Waals surface area contributed by atoms with Crippen LogP contribution in [0.2, 0.25) is 0 Å². The van der Waals surface area contributed by atoms with Gasteiger partial charge in [0, 0.05) is 16.7 Å². The predicted molar refractivity (Wildman–Crippen MR) is 109 cm³/mol. The van der Waals surface area contributed by atoms with Crippen LogP contribution in [0, 0.1) is 28.6 Å². The molecule has 0 amide bonds. The van der Waals surface area contributed by atoms with Gasteiger partial charge in [-0.25, -0.2) is 0 Å². The third kappa shape index (κ3) is 3.06. The van der Waals surface area contributed by atoms with E-state index >= 15 is 0 Å². The molecular formula is C22H30O7S. The zero-order valence-corrected chi connectivity index (χ0v) is 18.4. The van der Waals surface area contributed by atoms with Crippen LogP contribution in [0.1, 0.15) is 46.0 Å². The molecule has 0 unspecified atom stereocenters. The van der Waals surface area contributed by atoms with E-state index in [1.165, 1.54) is 0 Å². The van der Waals surface area contributed by atoms with Gasteiger partial charge in [0.1, 0.15) is 12.2 Å². The zero-order chi connectivity index (χ0) is 22.1. The second-order valence-electron chi connectivity index (χ2n) is 10.0. The summed E-state index contributed by atoms with van der Waals surface area (Å²) in [5.41, 5.74) is -1.97. The maximum atomic E-state index is 12.9. The van der Waals surface area contributed by atoms with Gasteiger partial charge in [-0.2, -0.15) is 8.42 Å². The predicted octanol–water partition coefficient (Wildman–Crippen LogP) is 1.54. The maximum Gasteiger partial charge on any atom is 0.264 e. The fourth-order valence-electron chi connectivity index (χ4n) is 7.07. The Bertz CT molecular complexity index is 951. The number of Topliss-reactive ketones (excluding diaryl/α,β-unsaturated/α-hetero) is 1. The van der Waals surface area contributed by atoms with Gasteiger partial charge in [-0.1, -0.05) is 25.5 Å². The first kappa shape index (κ1) is 21.9. The number of aliphatic hydroxyl groups excluding tert-OH is 1. The van der Waals surface area contributed by atoms with E-state index in [9.17, 15) is 28.2 Å². The summed E-state index contributed by atoms with van der Waals surface area (Å²) < 4.78 is 27.3. The lowest BCUT2D eigenvalue weighted by molar-refractivity contribution is -0.177. The highest BCUT2D eigenvalue weighted by molar-refractivity contribution is 7.86. The highest BCUT2D eigenvalue weighted by Gasteiger charge is 2.68. The van der Waals surface area contributed by atoms with Crippen LogP contribution in [0.15, 0.2) is 23.8 Å². The first-order valence-corrected chi connectivity index (χ1v) is 12.4. The van der Waals surface area contributed by atoms with E-state index in [2.05, 4.69) is 11.1 Å². The molecule has 2 N–H and O–H groups in total. The molecule has 0 aromatic rings. The van der Waals surface area contributed by atoms with Gasteiger partial charge in [0.2, 0.25) is 0 Å². The van der Waals surface area contributed by atoms with E-state index in [4.69, 9.17) is 0 Å². The molecule has 0 aromatic carbocycles. The number of fused-ring (bicyclic) bond motifs is 5. The van der Waals surface area contributed by atoms with Gasteiger partial charge in [0.05, 0.1) is 12.4 Å². The van der Waals surface area contributed by atoms with Crippen LogP contribution in [0.5, 0.6) is 0 Å². The number of ketones is 2. The number of rotatable bonds is 4. The van der Waals surface area contributed by atoms with Crippen molar-refractivity contribution in [3.05, 3.63) is 23.8 Å². The van der Waals surface area contributed by atoms with Crippen LogP contribution >= 0.6 is 0 Å². The average molecular weight is 439 g/mol. The third-order valence-corrected chi connectivity index (χ3v) is 9.06. The van der Waals surface area contributed by atoms with Gasteiger partial charge in [-0.3, -0.25) is 13.8 Å². The largest absolute Gasteiger partial charge is 0.393 e. The smallest absolute Gasteiger partial charge is 0.264 e. The molecule has 0 spiro atoms. The average Bonchev–Trinajstić information content (AvgIpc) is 2.91. The quantitative estimate of drug-likeness (QED) is 0.639. The fraction of sp³-hybridized carbons (Fsp3) is 0.727. The summed E-state index contributed by atoms with van der Waals surface area (Å²) in [5, 5.41) is 22.7. The van der Waals surface area contributed by atoms with Crippen molar-refractivity contribution in [3.8, 4) is 0 Å². The number of aliphatic hydroxyl groups is 2. The molecule has 166 valence electrons. The molecule has 8 heteroatoms. The minimum atomic E-state index is -3.80. The summed E-state index contributed by atoms with van der Waals surface area (Å²) in [5.74, 6) is -0.652. The Hall–Kier alpha value is -1.35. The molecule has 0 heterocycles. The van der Waals surface area contributed by atoms with Crippen molar-refractivity contribution in [1.29, 1.82) is 0 Å². The molecular weight excluding hydrogens is 408 g/mol. The van der Waals surface area contributed by atoms with Crippen LogP contribution in [0.4, 0.5) is 0 Å². The lowest BCUT2D eigenvalue weighted by Gasteiger charge is -2.59. The lowest BCUT2D eigenvalue weighted by atomic mass is 9.46. The Morgan fingerprint density at radius 1 is 1.30 bits per heavy atom. The molecule has 0 aliphatic heterocycles. The number of carbonyl (C=O) groups excluding carboxylic acids is 2. The molecule has 0 bridgehead atoms. The van der Waals surface area contributed by atoms with Gasteiger partial charge >= 0.3 is 0 Å². The highest BCUT2D eigenvalue weighted by atomic mass is 32.2. The molecule has 4 aliphatic carbocycles. The minimum Gasteiger partial charge on any atom is -0.393 e. The number of hydrogen-bond acceptors (Lipinski definition) is 7. The van der Waals surface area contributed by atoms with Crippen molar-refractivity contribution in [2.75, 3.05) is 12.9 Å². The molecule has 7 atom stereocenters. The fourth-order valence-corrected chi connectivity index (χ4v) is 7.39. The molecule has 0 radical (unpaired) electrons. The Morgan fingerprint density at radius 3 is 2.67 bits per heavy atom. The standard InChI is InChI=1S/C22H30O7S/c1-20-8-6-14(23)10-13(20)4-5-15-16-7-9-22(26,18(25)12-29-30(3,27)28)21(16,2)11-17(24)19(15)20/h6,8,10,15-17,19,24,26H,4-5,7,9,11-12H2,1-3H3/t15-,16+,17+,19+,20-,21+,22-/m0/s1. The number of carbonyl (C=O) groups is 2. The highest BCUT2D eigenvalue weighted by Crippen LogP contribution is 2.67. The van der Waals surface area contributed by atoms with Crippen molar-refractivity contribution < 1.29 is 32.4 Å². The molecule has 3 fully saturated rings. The van der Waals surface area contributed by atoms with Gasteiger partial charge in [-0.05, 0) is 56.1 Å². The Morgan fingerprint density at radius 2 is 2.00 bits per heavy atom. The molecule has 3 saturated carbocycles. The maximum absolute atomic E-state index is 12.9. The lowest BCUT2D eigenvalue weighted by Crippen LogP contribution is -2.61. The Labute approximate surface area is 177 Å². The topological polar surface area (TPSA) is 118 Å². The van der Waals surface area contributed by atoms with Crippen LogP contribution in [-0.2, 0) is 23.9 Å². The normalized spacial score (nSPS) is 45.4. The molecule has 4 aliphatic rings. The van der Waals surface area contributed by atoms with Gasteiger partial charge < -0.3 is 10.2 Å². The summed E-state index contributed by atoms with van der Waals surface area (Å²) in [6.45, 7) is 3.21. The molecule has 30 heavy (non-hydrogen) atoms. The van der Waals surface area contributed by atoms with Crippen molar-refractivity contribution in [2.24, 2.45) is 28.6 Å². The van der Waals surface area contributed by atoms with Gasteiger partial charge in [0.15, 0.2) is 11.6 Å². The second-order valence-corrected chi connectivity index (χ2v) is 11.6. The molecule has 0 aromatic heterocycles. The SMILES string of the molecule is C[C@]12C=CC(=O)C=C1CC[C@@H]1[C@@H]2[C@H](O)C[C@]2(C)[C@@H]1CC[C@]2(O)C(=O)COS(C)(=O)=O. The summed E-state index contributed by atoms with van der Waals surface area (Å²) in [6.07, 6.45) is 7.92. The van der Waals surface area contributed by atoms with E-state index < -0.39 is 45.0 Å². The van der Waals surface area contributed by atoms with Crippen LogP contribution in [0.3, 0.4) is 0 Å². The summed E-state index contributed by atoms with van der Waals surface area (Å²) >= 11 is 0. The Balaban J connectivity index is 1.66. The van der Waals surface area contributed by atoms with Crippen molar-refractivity contribution in [1.82, 2.24) is 0 Å². The molecule has 7 nitrogen and oxygen atoms in total.